The van der Waals surface area contributed by atoms with Crippen molar-refractivity contribution in [3.8, 4) is 0 Å². The molecule has 0 saturated carbocycles. The molecule has 1 amide bonds. The highest BCUT2D eigenvalue weighted by Gasteiger charge is 2.45. The molecule has 26 heavy (non-hydrogen) atoms. The maximum atomic E-state index is 12.9. The third kappa shape index (κ3) is 3.19. The van der Waals surface area contributed by atoms with Crippen molar-refractivity contribution in [2.45, 2.75) is 26.5 Å². The number of aromatic nitrogens is 3. The van der Waals surface area contributed by atoms with E-state index in [4.69, 9.17) is 4.74 Å². The van der Waals surface area contributed by atoms with Crippen LogP contribution >= 0.6 is 0 Å². The van der Waals surface area contributed by atoms with Crippen molar-refractivity contribution in [3.63, 3.8) is 0 Å². The molecule has 0 radical (unpaired) electrons. The zero-order valence-electron chi connectivity index (χ0n) is 15.3. The molecule has 3 atom stereocenters. The van der Waals surface area contributed by atoms with E-state index in [0.29, 0.717) is 30.6 Å². The number of fused-ring (bicyclic) bond motifs is 1. The lowest BCUT2D eigenvalue weighted by Gasteiger charge is -2.20. The minimum Gasteiger partial charge on any atom is -0.376 e. The highest BCUT2D eigenvalue weighted by atomic mass is 16.5. The highest BCUT2D eigenvalue weighted by molar-refractivity contribution is 5.93. The Morgan fingerprint density at radius 1 is 1.38 bits per heavy atom. The quantitative estimate of drug-likeness (QED) is 0.886. The van der Waals surface area contributed by atoms with E-state index in [1.807, 2.05) is 43.0 Å². The Hall–Kier alpha value is -2.41. The molecule has 0 aliphatic carbocycles. The minimum absolute atomic E-state index is 0.0573. The maximum absolute atomic E-state index is 12.9. The minimum atomic E-state index is 0.0573. The Morgan fingerprint density at radius 3 is 3.04 bits per heavy atom. The average Bonchev–Trinajstić information content (AvgIpc) is 3.34. The van der Waals surface area contributed by atoms with Gasteiger partial charge in [-0.25, -0.2) is 4.98 Å². The average molecular weight is 355 g/mol. The number of pyridine rings is 1. The monoisotopic (exact) mass is 355 g/mol. The molecule has 4 rings (SSSR count). The smallest absolute Gasteiger partial charge is 0.272 e. The Morgan fingerprint density at radius 2 is 2.27 bits per heavy atom. The van der Waals surface area contributed by atoms with Crippen molar-refractivity contribution >= 4 is 11.7 Å². The van der Waals surface area contributed by atoms with Crippen LogP contribution in [0.3, 0.4) is 0 Å². The lowest BCUT2D eigenvalue weighted by molar-refractivity contribution is 0.0670. The van der Waals surface area contributed by atoms with E-state index >= 15 is 0 Å². The van der Waals surface area contributed by atoms with Crippen LogP contribution < -0.4 is 5.32 Å². The summed E-state index contributed by atoms with van der Waals surface area (Å²) < 4.78 is 7.76. The van der Waals surface area contributed by atoms with Gasteiger partial charge in [-0.1, -0.05) is 6.07 Å². The summed E-state index contributed by atoms with van der Waals surface area (Å²) in [6.07, 6.45) is 1.92. The molecule has 2 saturated heterocycles. The topological polar surface area (TPSA) is 72.3 Å². The molecule has 2 aliphatic rings. The second kappa shape index (κ2) is 7.07. The number of carbonyl (C=O) groups is 1. The fraction of sp³-hybridized carbons (Fsp3) is 0.526. The predicted molar refractivity (Wildman–Crippen MR) is 98.0 cm³/mol. The number of hydrogen-bond donors (Lipinski definition) is 1. The summed E-state index contributed by atoms with van der Waals surface area (Å²) in [7, 11) is 0. The first kappa shape index (κ1) is 17.0. The predicted octanol–water partition coefficient (Wildman–Crippen LogP) is 1.81. The summed E-state index contributed by atoms with van der Waals surface area (Å²) in [5, 5.41) is 7.78. The van der Waals surface area contributed by atoms with Gasteiger partial charge in [0.05, 0.1) is 18.4 Å². The van der Waals surface area contributed by atoms with Gasteiger partial charge in [-0.2, -0.15) is 5.10 Å². The molecule has 2 aromatic heterocycles. The highest BCUT2D eigenvalue weighted by Crippen LogP contribution is 2.34. The molecule has 1 N–H and O–H groups in total. The number of amides is 1. The van der Waals surface area contributed by atoms with Gasteiger partial charge in [0.15, 0.2) is 0 Å². The van der Waals surface area contributed by atoms with Gasteiger partial charge >= 0.3 is 0 Å². The Bertz CT molecular complexity index is 775. The van der Waals surface area contributed by atoms with Gasteiger partial charge in [-0.3, -0.25) is 9.48 Å². The van der Waals surface area contributed by atoms with Crippen molar-refractivity contribution in [2.24, 2.45) is 11.8 Å². The summed E-state index contributed by atoms with van der Waals surface area (Å²) in [5.74, 6) is 1.69. The summed E-state index contributed by atoms with van der Waals surface area (Å²) in [6.45, 7) is 7.58. The first-order valence-corrected chi connectivity index (χ1v) is 9.26. The number of aryl methyl sites for hydroxylation is 2. The maximum Gasteiger partial charge on any atom is 0.272 e. The van der Waals surface area contributed by atoms with Gasteiger partial charge in [-0.05, 0) is 32.0 Å². The third-order valence-corrected chi connectivity index (χ3v) is 5.36. The molecule has 0 spiro atoms. The number of ether oxygens (including phenoxy) is 1. The molecule has 138 valence electrons. The van der Waals surface area contributed by atoms with Crippen LogP contribution in [-0.2, 0) is 11.3 Å². The van der Waals surface area contributed by atoms with Crippen LogP contribution in [0.1, 0.15) is 23.1 Å². The van der Waals surface area contributed by atoms with Crippen molar-refractivity contribution in [3.05, 3.63) is 41.9 Å². The van der Waals surface area contributed by atoms with Crippen molar-refractivity contribution in [1.82, 2.24) is 19.7 Å². The molecular weight excluding hydrogens is 330 g/mol. The Balaban J connectivity index is 1.40. The lowest BCUT2D eigenvalue weighted by atomic mass is 9.93. The van der Waals surface area contributed by atoms with Gasteiger partial charge in [0, 0.05) is 44.2 Å². The summed E-state index contributed by atoms with van der Waals surface area (Å²) in [5.41, 5.74) is 1.55. The van der Waals surface area contributed by atoms with Crippen LogP contribution in [0, 0.1) is 18.8 Å². The number of hydrogen-bond acceptors (Lipinski definition) is 5. The molecule has 2 aromatic rings. The summed E-state index contributed by atoms with van der Waals surface area (Å²) in [4.78, 5) is 19.2. The third-order valence-electron chi connectivity index (χ3n) is 5.36. The Kier molecular flexibility index (Phi) is 4.63. The molecule has 0 bridgehead atoms. The molecular formula is C19H25N5O2. The van der Waals surface area contributed by atoms with E-state index in [2.05, 4.69) is 15.4 Å². The van der Waals surface area contributed by atoms with E-state index < -0.39 is 0 Å². The fourth-order valence-corrected chi connectivity index (χ4v) is 4.00. The van der Waals surface area contributed by atoms with Crippen molar-refractivity contribution < 1.29 is 9.53 Å². The van der Waals surface area contributed by atoms with Gasteiger partial charge < -0.3 is 15.0 Å². The van der Waals surface area contributed by atoms with E-state index in [-0.39, 0.29) is 12.0 Å². The molecule has 2 fully saturated rings. The molecule has 0 aromatic carbocycles. The number of likely N-dealkylation sites (tertiary alicyclic amines) is 1. The van der Waals surface area contributed by atoms with Crippen LogP contribution in [0.5, 0.6) is 0 Å². The largest absolute Gasteiger partial charge is 0.376 e. The molecule has 2 aliphatic heterocycles. The van der Waals surface area contributed by atoms with Crippen LogP contribution in [0.15, 0.2) is 30.5 Å². The first-order valence-electron chi connectivity index (χ1n) is 9.26. The van der Waals surface area contributed by atoms with Crippen LogP contribution in [0.4, 0.5) is 5.82 Å². The number of rotatable bonds is 5. The van der Waals surface area contributed by atoms with Crippen molar-refractivity contribution in [1.29, 1.82) is 0 Å². The number of carbonyl (C=O) groups excluding carboxylic acids is 1. The zero-order valence-corrected chi connectivity index (χ0v) is 15.3. The van der Waals surface area contributed by atoms with Crippen molar-refractivity contribution in [2.75, 3.05) is 31.6 Å². The second-order valence-electron chi connectivity index (χ2n) is 7.09. The standard InChI is InChI=1S/C19H25N5O2/c1-3-24-16(8-13(2)22-24)19(25)23-10-15-14(12-26-17(15)11-23)9-21-18-6-4-5-7-20-18/h4-8,14-15,17H,3,9-12H2,1-2H3,(H,20,21)/t14-,15+,17+/m1/s1. The van der Waals surface area contributed by atoms with Crippen LogP contribution in [0.2, 0.25) is 0 Å². The SMILES string of the molecule is CCn1nc(C)cc1C(=O)N1C[C@H]2[C@H](CNc3ccccn3)CO[C@H]2C1. The molecule has 0 unspecified atom stereocenters. The van der Waals surface area contributed by atoms with Crippen LogP contribution in [-0.4, -0.2) is 57.9 Å². The second-order valence-corrected chi connectivity index (χ2v) is 7.09. The van der Waals surface area contributed by atoms with Gasteiger partial charge in [-0.15, -0.1) is 0 Å². The van der Waals surface area contributed by atoms with E-state index in [9.17, 15) is 4.79 Å². The molecule has 7 nitrogen and oxygen atoms in total. The molecule has 4 heterocycles. The first-order chi connectivity index (χ1) is 12.7. The lowest BCUT2D eigenvalue weighted by Crippen LogP contribution is -2.33. The Labute approximate surface area is 153 Å². The van der Waals surface area contributed by atoms with E-state index in [1.165, 1.54) is 0 Å². The molecule has 7 heteroatoms. The van der Waals surface area contributed by atoms with Gasteiger partial charge in [0.1, 0.15) is 11.5 Å². The van der Waals surface area contributed by atoms with E-state index in [1.54, 1.807) is 10.9 Å². The van der Waals surface area contributed by atoms with Crippen LogP contribution in [0.25, 0.3) is 0 Å². The summed E-state index contributed by atoms with van der Waals surface area (Å²) in [6, 6.07) is 7.72. The van der Waals surface area contributed by atoms with Gasteiger partial charge in [0.2, 0.25) is 0 Å². The summed E-state index contributed by atoms with van der Waals surface area (Å²) >= 11 is 0. The number of nitrogens with zero attached hydrogens (tertiary/aromatic N) is 4. The fourth-order valence-electron chi connectivity index (χ4n) is 4.00. The normalized spacial score (nSPS) is 24.7. The van der Waals surface area contributed by atoms with Gasteiger partial charge in [0.25, 0.3) is 5.91 Å². The number of anilines is 1. The van der Waals surface area contributed by atoms with E-state index in [0.717, 1.165) is 31.2 Å². The zero-order chi connectivity index (χ0) is 18.1. The number of nitrogens with one attached hydrogen (secondary N) is 1.